The molecule has 2 aromatic rings. The van der Waals surface area contributed by atoms with E-state index < -0.39 is 0 Å². The van der Waals surface area contributed by atoms with E-state index in [0.29, 0.717) is 5.69 Å². The minimum Gasteiger partial charge on any atom is -0.508 e. The summed E-state index contributed by atoms with van der Waals surface area (Å²) < 4.78 is 0. The van der Waals surface area contributed by atoms with Crippen LogP contribution in [0.4, 0.5) is 5.69 Å². The van der Waals surface area contributed by atoms with Gasteiger partial charge in [-0.1, -0.05) is 30.8 Å². The normalized spacial score (nSPS) is 10.4. The zero-order valence-corrected chi connectivity index (χ0v) is 10.5. The van der Waals surface area contributed by atoms with E-state index in [1.54, 1.807) is 23.9 Å². The van der Waals surface area contributed by atoms with Gasteiger partial charge in [0.1, 0.15) is 5.75 Å². The molecule has 0 saturated heterocycles. The highest BCUT2D eigenvalue weighted by molar-refractivity contribution is 7.99. The number of rotatable bonds is 3. The fourth-order valence-corrected chi connectivity index (χ4v) is 2.39. The highest BCUT2D eigenvalue weighted by Gasteiger charge is 2.02. The highest BCUT2D eigenvalue weighted by Crippen LogP contribution is 2.33. The molecule has 0 bridgehead atoms. The Morgan fingerprint density at radius 3 is 2.41 bits per heavy atom. The van der Waals surface area contributed by atoms with Crippen molar-refractivity contribution in [3.8, 4) is 5.75 Å². The van der Waals surface area contributed by atoms with E-state index in [4.69, 9.17) is 5.73 Å². The van der Waals surface area contributed by atoms with Crippen LogP contribution >= 0.6 is 11.8 Å². The van der Waals surface area contributed by atoms with Crippen molar-refractivity contribution in [2.45, 2.75) is 23.1 Å². The number of hydrogen-bond acceptors (Lipinski definition) is 3. The molecule has 0 saturated carbocycles. The Labute approximate surface area is 105 Å². The zero-order valence-electron chi connectivity index (χ0n) is 9.68. The molecule has 0 fully saturated rings. The van der Waals surface area contributed by atoms with E-state index in [1.165, 1.54) is 5.56 Å². The van der Waals surface area contributed by atoms with Gasteiger partial charge in [0.05, 0.1) is 0 Å². The van der Waals surface area contributed by atoms with Crippen LogP contribution in [0.5, 0.6) is 5.75 Å². The lowest BCUT2D eigenvalue weighted by Gasteiger charge is -2.06. The van der Waals surface area contributed by atoms with Gasteiger partial charge in [-0.2, -0.15) is 0 Å². The fourth-order valence-electron chi connectivity index (χ4n) is 1.55. The first-order chi connectivity index (χ1) is 8.19. The minimum atomic E-state index is 0.202. The molecule has 0 radical (unpaired) electrons. The Hall–Kier alpha value is -1.61. The van der Waals surface area contributed by atoms with Crippen molar-refractivity contribution in [2.24, 2.45) is 0 Å². The quantitative estimate of drug-likeness (QED) is 0.811. The molecule has 0 spiro atoms. The third-order valence-corrected chi connectivity index (χ3v) is 3.65. The number of hydrogen-bond donors (Lipinski definition) is 2. The molecule has 0 unspecified atom stereocenters. The summed E-state index contributed by atoms with van der Waals surface area (Å²) in [5, 5.41) is 9.28. The van der Waals surface area contributed by atoms with Crippen molar-refractivity contribution < 1.29 is 5.11 Å². The average Bonchev–Trinajstić information content (AvgIpc) is 2.34. The molecule has 3 heteroatoms. The van der Waals surface area contributed by atoms with Gasteiger partial charge < -0.3 is 10.8 Å². The number of nitrogens with two attached hydrogens (primary N) is 1. The van der Waals surface area contributed by atoms with Crippen molar-refractivity contribution >= 4 is 17.4 Å². The van der Waals surface area contributed by atoms with Gasteiger partial charge in [-0.15, -0.1) is 0 Å². The highest BCUT2D eigenvalue weighted by atomic mass is 32.2. The molecule has 88 valence electrons. The molecule has 2 aromatic carbocycles. The fraction of sp³-hybridized carbons (Fsp3) is 0.143. The summed E-state index contributed by atoms with van der Waals surface area (Å²) in [6, 6.07) is 13.5. The third-order valence-electron chi connectivity index (χ3n) is 2.55. The first-order valence-corrected chi connectivity index (χ1v) is 6.36. The van der Waals surface area contributed by atoms with Gasteiger partial charge >= 0.3 is 0 Å². The van der Waals surface area contributed by atoms with Gasteiger partial charge in [-0.3, -0.25) is 0 Å². The lowest BCUT2D eigenvalue weighted by atomic mass is 10.2. The molecular weight excluding hydrogens is 230 g/mol. The van der Waals surface area contributed by atoms with Crippen molar-refractivity contribution in [1.82, 2.24) is 0 Å². The number of aryl methyl sites for hydroxylation is 1. The SMILES string of the molecule is CCc1ccc(Sc2ccc(O)cc2N)cc1. The summed E-state index contributed by atoms with van der Waals surface area (Å²) in [6.45, 7) is 2.14. The molecule has 0 atom stereocenters. The van der Waals surface area contributed by atoms with Crippen LogP contribution in [-0.2, 0) is 6.42 Å². The number of aromatic hydroxyl groups is 1. The lowest BCUT2D eigenvalue weighted by Crippen LogP contribution is -1.87. The maximum atomic E-state index is 9.28. The van der Waals surface area contributed by atoms with Crippen LogP contribution in [0.1, 0.15) is 12.5 Å². The first-order valence-electron chi connectivity index (χ1n) is 5.54. The van der Waals surface area contributed by atoms with Crippen LogP contribution in [0.15, 0.2) is 52.3 Å². The Bertz CT molecular complexity index is 508. The van der Waals surface area contributed by atoms with Crippen LogP contribution in [0.25, 0.3) is 0 Å². The summed E-state index contributed by atoms with van der Waals surface area (Å²) in [5.41, 5.74) is 7.78. The van der Waals surface area contributed by atoms with Crippen molar-refractivity contribution in [3.63, 3.8) is 0 Å². The summed E-state index contributed by atoms with van der Waals surface area (Å²) >= 11 is 1.61. The number of phenolic OH excluding ortho intramolecular Hbond substituents is 1. The van der Waals surface area contributed by atoms with Crippen LogP contribution < -0.4 is 5.73 Å². The number of nitrogen functional groups attached to an aromatic ring is 1. The number of phenols is 1. The number of anilines is 1. The molecule has 3 N–H and O–H groups in total. The molecule has 0 amide bonds. The smallest absolute Gasteiger partial charge is 0.117 e. The molecule has 2 nitrogen and oxygen atoms in total. The Kier molecular flexibility index (Phi) is 3.59. The maximum Gasteiger partial charge on any atom is 0.117 e. The second-order valence-electron chi connectivity index (χ2n) is 3.82. The Morgan fingerprint density at radius 1 is 1.12 bits per heavy atom. The van der Waals surface area contributed by atoms with E-state index in [-0.39, 0.29) is 5.75 Å². The van der Waals surface area contributed by atoms with Crippen LogP contribution in [-0.4, -0.2) is 5.11 Å². The Balaban J connectivity index is 2.19. The van der Waals surface area contributed by atoms with Crippen LogP contribution in [0, 0.1) is 0 Å². The van der Waals surface area contributed by atoms with Gasteiger partial charge in [-0.25, -0.2) is 0 Å². The first kappa shape index (κ1) is 11.9. The predicted molar refractivity (Wildman–Crippen MR) is 72.5 cm³/mol. The third kappa shape index (κ3) is 2.94. The molecule has 0 aliphatic heterocycles. The van der Waals surface area contributed by atoms with E-state index in [9.17, 15) is 5.11 Å². The summed E-state index contributed by atoms with van der Waals surface area (Å²) in [4.78, 5) is 2.12. The van der Waals surface area contributed by atoms with E-state index in [0.717, 1.165) is 16.2 Å². The second-order valence-corrected chi connectivity index (χ2v) is 4.94. The molecule has 0 aliphatic rings. The average molecular weight is 245 g/mol. The van der Waals surface area contributed by atoms with E-state index in [2.05, 4.69) is 31.2 Å². The summed E-state index contributed by atoms with van der Waals surface area (Å²) in [5.74, 6) is 0.202. The summed E-state index contributed by atoms with van der Waals surface area (Å²) in [7, 11) is 0. The maximum absolute atomic E-state index is 9.28. The zero-order chi connectivity index (χ0) is 12.3. The van der Waals surface area contributed by atoms with Crippen molar-refractivity contribution in [1.29, 1.82) is 0 Å². The predicted octanol–water partition coefficient (Wildman–Crippen LogP) is 3.69. The number of benzene rings is 2. The van der Waals surface area contributed by atoms with Crippen molar-refractivity contribution in [2.75, 3.05) is 5.73 Å². The summed E-state index contributed by atoms with van der Waals surface area (Å²) in [6.07, 6.45) is 1.05. The topological polar surface area (TPSA) is 46.2 Å². The van der Waals surface area contributed by atoms with Gasteiger partial charge in [0, 0.05) is 21.5 Å². The monoisotopic (exact) mass is 245 g/mol. The van der Waals surface area contributed by atoms with Crippen LogP contribution in [0.2, 0.25) is 0 Å². The molecule has 0 heterocycles. The van der Waals surface area contributed by atoms with Crippen LogP contribution in [0.3, 0.4) is 0 Å². The molecular formula is C14H15NOS. The Morgan fingerprint density at radius 2 is 1.82 bits per heavy atom. The largest absolute Gasteiger partial charge is 0.508 e. The van der Waals surface area contributed by atoms with Gasteiger partial charge in [-0.05, 0) is 36.2 Å². The second kappa shape index (κ2) is 5.15. The van der Waals surface area contributed by atoms with Gasteiger partial charge in [0.2, 0.25) is 0 Å². The minimum absolute atomic E-state index is 0.202. The molecule has 17 heavy (non-hydrogen) atoms. The molecule has 0 aromatic heterocycles. The lowest BCUT2D eigenvalue weighted by molar-refractivity contribution is 0.475. The van der Waals surface area contributed by atoms with Gasteiger partial charge in [0.25, 0.3) is 0 Å². The van der Waals surface area contributed by atoms with Crippen molar-refractivity contribution in [3.05, 3.63) is 48.0 Å². The van der Waals surface area contributed by atoms with Gasteiger partial charge in [0.15, 0.2) is 0 Å². The van der Waals surface area contributed by atoms with E-state index >= 15 is 0 Å². The standard InChI is InChI=1S/C14H15NOS/c1-2-10-3-6-12(7-4-10)17-14-8-5-11(16)9-13(14)15/h3-9,16H,2,15H2,1H3. The molecule has 2 rings (SSSR count). The van der Waals surface area contributed by atoms with E-state index in [1.807, 2.05) is 6.07 Å². The molecule has 0 aliphatic carbocycles.